The molecule has 0 bridgehead atoms. The Morgan fingerprint density at radius 2 is 1.55 bits per heavy atom. The highest BCUT2D eigenvalue weighted by atomic mass is 127. The summed E-state index contributed by atoms with van der Waals surface area (Å²) in [6.07, 6.45) is 0.391. The van der Waals surface area contributed by atoms with Crippen molar-refractivity contribution in [2.45, 2.75) is 45.1 Å². The second kappa shape index (κ2) is 9.15. The molecule has 0 spiro atoms. The van der Waals surface area contributed by atoms with E-state index in [1.807, 2.05) is 67.9 Å². The summed E-state index contributed by atoms with van der Waals surface area (Å²) in [5.41, 5.74) is 4.28. The van der Waals surface area contributed by atoms with Crippen molar-refractivity contribution in [3.8, 4) is 11.1 Å². The molecule has 29 heavy (non-hydrogen) atoms. The van der Waals surface area contributed by atoms with Crippen molar-refractivity contribution in [2.75, 3.05) is 13.2 Å². The van der Waals surface area contributed by atoms with E-state index in [0.717, 1.165) is 0 Å². The lowest BCUT2D eigenvalue weighted by Crippen LogP contribution is -2.31. The third-order valence-electron chi connectivity index (χ3n) is 4.70. The number of hydrogen-bond donors (Lipinski definition) is 0. The third-order valence-corrected chi connectivity index (χ3v) is 5.58. The molecule has 0 saturated heterocycles. The zero-order valence-corrected chi connectivity index (χ0v) is 19.1. The predicted molar refractivity (Wildman–Crippen MR) is 121 cm³/mol. The molecule has 1 aliphatic rings. The molecule has 1 aliphatic carbocycles. The van der Waals surface area contributed by atoms with Crippen LogP contribution in [0.4, 0.5) is 4.79 Å². The SMILES string of the molecule is CC(C)(C)OC(=O)N(I)CCCC(=O)OCC1c2ccccc2-c2ccccc21. The largest absolute Gasteiger partial charge is 0.465 e. The third kappa shape index (κ3) is 5.50. The lowest BCUT2D eigenvalue weighted by molar-refractivity contribution is -0.144. The zero-order valence-electron chi connectivity index (χ0n) is 17.0. The molecule has 6 heteroatoms. The van der Waals surface area contributed by atoms with Gasteiger partial charge < -0.3 is 9.47 Å². The fraction of sp³-hybridized carbons (Fsp3) is 0.391. The second-order valence-electron chi connectivity index (χ2n) is 8.08. The minimum absolute atomic E-state index is 0.0641. The van der Waals surface area contributed by atoms with Crippen LogP contribution in [-0.2, 0) is 14.3 Å². The molecule has 3 rings (SSSR count). The smallest absolute Gasteiger partial charge is 0.419 e. The number of nitrogens with zero attached hydrogens (tertiary/aromatic N) is 1. The van der Waals surface area contributed by atoms with Crippen LogP contribution >= 0.6 is 22.9 Å². The van der Waals surface area contributed by atoms with Crippen molar-refractivity contribution < 1.29 is 19.1 Å². The van der Waals surface area contributed by atoms with Gasteiger partial charge in [-0.3, -0.25) is 4.79 Å². The molecule has 2 aromatic carbocycles. The van der Waals surface area contributed by atoms with Crippen LogP contribution in [0, 0.1) is 0 Å². The molecule has 0 fully saturated rings. The fourth-order valence-corrected chi connectivity index (χ4v) is 3.89. The van der Waals surface area contributed by atoms with Crippen LogP contribution in [0.3, 0.4) is 0 Å². The second-order valence-corrected chi connectivity index (χ2v) is 9.24. The Morgan fingerprint density at radius 1 is 1.00 bits per heavy atom. The van der Waals surface area contributed by atoms with Gasteiger partial charge in [0, 0.05) is 18.9 Å². The Labute approximate surface area is 185 Å². The van der Waals surface area contributed by atoms with Crippen LogP contribution in [0.1, 0.15) is 50.7 Å². The van der Waals surface area contributed by atoms with Crippen molar-refractivity contribution in [1.82, 2.24) is 3.11 Å². The molecule has 0 N–H and O–H groups in total. The Kier molecular flexibility index (Phi) is 6.82. The predicted octanol–water partition coefficient (Wildman–Crippen LogP) is 5.71. The first-order valence-corrected chi connectivity index (χ1v) is 10.7. The average Bonchev–Trinajstić information content (AvgIpc) is 2.99. The Balaban J connectivity index is 1.50. The monoisotopic (exact) mass is 507 g/mol. The van der Waals surface area contributed by atoms with Gasteiger partial charge in [-0.2, -0.15) is 0 Å². The number of fused-ring (bicyclic) bond motifs is 3. The zero-order chi connectivity index (χ0) is 21.0. The molecule has 0 aromatic heterocycles. The van der Waals surface area contributed by atoms with E-state index in [-0.39, 0.29) is 18.3 Å². The normalized spacial score (nSPS) is 12.8. The van der Waals surface area contributed by atoms with Crippen LogP contribution in [0.25, 0.3) is 11.1 Å². The van der Waals surface area contributed by atoms with Gasteiger partial charge in [-0.15, -0.1) is 0 Å². The van der Waals surface area contributed by atoms with E-state index < -0.39 is 11.7 Å². The Hall–Kier alpha value is -2.09. The van der Waals surface area contributed by atoms with Crippen LogP contribution in [0.2, 0.25) is 0 Å². The number of benzene rings is 2. The lowest BCUT2D eigenvalue weighted by atomic mass is 9.98. The van der Waals surface area contributed by atoms with Gasteiger partial charge >= 0.3 is 12.1 Å². The van der Waals surface area contributed by atoms with Crippen molar-refractivity contribution in [3.05, 3.63) is 59.7 Å². The molecule has 0 heterocycles. The number of ether oxygens (including phenoxy) is 2. The maximum Gasteiger partial charge on any atom is 0.419 e. The van der Waals surface area contributed by atoms with Crippen molar-refractivity contribution in [1.29, 1.82) is 0 Å². The molecule has 5 nitrogen and oxygen atoms in total. The molecular formula is C23H26INO4. The molecular weight excluding hydrogens is 481 g/mol. The molecule has 0 saturated carbocycles. The minimum atomic E-state index is -0.534. The van der Waals surface area contributed by atoms with E-state index in [1.54, 1.807) is 0 Å². The summed E-state index contributed by atoms with van der Waals surface area (Å²) in [6.45, 7) is 6.23. The molecule has 0 unspecified atom stereocenters. The molecule has 154 valence electrons. The van der Waals surface area contributed by atoms with Crippen LogP contribution in [-0.4, -0.2) is 33.9 Å². The maximum atomic E-state index is 12.2. The van der Waals surface area contributed by atoms with E-state index in [2.05, 4.69) is 24.3 Å². The van der Waals surface area contributed by atoms with Crippen molar-refractivity contribution >= 4 is 34.9 Å². The number of halogens is 1. The summed E-state index contributed by atoms with van der Waals surface area (Å²) < 4.78 is 12.3. The van der Waals surface area contributed by atoms with E-state index in [0.29, 0.717) is 19.6 Å². The van der Waals surface area contributed by atoms with E-state index in [9.17, 15) is 9.59 Å². The number of carbonyl (C=O) groups is 2. The lowest BCUT2D eigenvalue weighted by Gasteiger charge is -2.23. The summed E-state index contributed by atoms with van der Waals surface area (Å²) >= 11 is 1.91. The van der Waals surface area contributed by atoms with Gasteiger partial charge in [0.1, 0.15) is 12.2 Å². The van der Waals surface area contributed by atoms with Crippen LogP contribution in [0.15, 0.2) is 48.5 Å². The average molecular weight is 507 g/mol. The van der Waals surface area contributed by atoms with Gasteiger partial charge in [-0.25, -0.2) is 7.91 Å². The number of carbonyl (C=O) groups excluding carboxylic acids is 2. The molecule has 1 amide bonds. The highest BCUT2D eigenvalue weighted by Crippen LogP contribution is 2.44. The highest BCUT2D eigenvalue weighted by Gasteiger charge is 2.29. The van der Waals surface area contributed by atoms with E-state index in [4.69, 9.17) is 9.47 Å². The van der Waals surface area contributed by atoms with Gasteiger partial charge in [0.15, 0.2) is 0 Å². The first-order valence-electron chi connectivity index (χ1n) is 9.76. The van der Waals surface area contributed by atoms with E-state index >= 15 is 0 Å². The minimum Gasteiger partial charge on any atom is -0.465 e. The van der Waals surface area contributed by atoms with Crippen LogP contribution < -0.4 is 0 Å². The summed E-state index contributed by atoms with van der Waals surface area (Å²) in [5.74, 6) is -0.185. The highest BCUT2D eigenvalue weighted by molar-refractivity contribution is 14.1. The summed E-state index contributed by atoms with van der Waals surface area (Å²) in [6, 6.07) is 16.5. The summed E-state index contributed by atoms with van der Waals surface area (Å²) in [4.78, 5) is 24.2. The maximum absolute atomic E-state index is 12.2. The molecule has 2 aromatic rings. The number of esters is 1. The first-order chi connectivity index (χ1) is 13.8. The van der Waals surface area contributed by atoms with Crippen molar-refractivity contribution in [2.24, 2.45) is 0 Å². The van der Waals surface area contributed by atoms with Crippen LogP contribution in [0.5, 0.6) is 0 Å². The van der Waals surface area contributed by atoms with Gasteiger partial charge in [0.25, 0.3) is 0 Å². The standard InChI is InChI=1S/C23H26INO4/c1-23(2,3)29-22(27)25(24)14-8-13-21(26)28-15-20-18-11-6-4-9-16(18)17-10-5-7-12-19(17)20/h4-7,9-12,20H,8,13-15H2,1-3H3. The summed E-state index contributed by atoms with van der Waals surface area (Å²) in [7, 11) is 0. The number of rotatable bonds is 6. The first kappa shape index (κ1) is 21.6. The topological polar surface area (TPSA) is 55.8 Å². The molecule has 0 atom stereocenters. The van der Waals surface area contributed by atoms with Crippen molar-refractivity contribution in [3.63, 3.8) is 0 Å². The molecule has 0 radical (unpaired) electrons. The van der Waals surface area contributed by atoms with Gasteiger partial charge in [0.05, 0.1) is 22.9 Å². The quantitative estimate of drug-likeness (QED) is 0.286. The van der Waals surface area contributed by atoms with E-state index in [1.165, 1.54) is 25.4 Å². The Morgan fingerprint density at radius 3 is 2.10 bits per heavy atom. The number of hydrogen-bond acceptors (Lipinski definition) is 4. The Bertz CT molecular complexity index is 845. The molecule has 0 aliphatic heterocycles. The van der Waals surface area contributed by atoms with Gasteiger partial charge in [-0.1, -0.05) is 48.5 Å². The van der Waals surface area contributed by atoms with Gasteiger partial charge in [0.2, 0.25) is 0 Å². The number of amides is 1. The van der Waals surface area contributed by atoms with Gasteiger partial charge in [-0.05, 0) is 49.4 Å². The fourth-order valence-electron chi connectivity index (χ4n) is 3.45. The summed E-state index contributed by atoms with van der Waals surface area (Å²) in [5, 5.41) is 0.